The quantitative estimate of drug-likeness (QED) is 0.575. The molecule has 10 heteroatoms. The second-order valence-electron chi connectivity index (χ2n) is 6.84. The van der Waals surface area contributed by atoms with Gasteiger partial charge in [-0.2, -0.15) is 20.8 Å². The number of nitrogens with zero attached hydrogens (tertiary/aromatic N) is 2. The minimum absolute atomic E-state index is 0.0549. The van der Waals surface area contributed by atoms with Crippen LogP contribution >= 0.6 is 11.8 Å². The van der Waals surface area contributed by atoms with E-state index in [9.17, 15) is 18.4 Å². The van der Waals surface area contributed by atoms with Gasteiger partial charge in [0.05, 0.1) is 4.90 Å². The van der Waals surface area contributed by atoms with Gasteiger partial charge in [0.25, 0.3) is 0 Å². The number of amides is 1. The van der Waals surface area contributed by atoms with E-state index in [1.807, 2.05) is 13.8 Å². The molecule has 0 spiro atoms. The van der Waals surface area contributed by atoms with Crippen molar-refractivity contribution < 1.29 is 22.7 Å². The van der Waals surface area contributed by atoms with E-state index < -0.39 is 26.7 Å². The third-order valence-corrected chi connectivity index (χ3v) is 7.67. The minimum atomic E-state index is -3.90. The third kappa shape index (κ3) is 4.08. The van der Waals surface area contributed by atoms with E-state index in [4.69, 9.17) is 10.5 Å². The van der Waals surface area contributed by atoms with Crippen LogP contribution in [0.3, 0.4) is 0 Å². The number of benzene rings is 1. The maximum Gasteiger partial charge on any atom is 0.243 e. The van der Waals surface area contributed by atoms with Crippen molar-refractivity contribution in [2.24, 2.45) is 5.73 Å². The fourth-order valence-corrected chi connectivity index (χ4v) is 6.24. The van der Waals surface area contributed by atoms with Crippen molar-refractivity contribution in [3.8, 4) is 11.5 Å². The molecule has 2 N–H and O–H groups in total. The maximum atomic E-state index is 13.1. The average molecular weight is 424 g/mol. The minimum Gasteiger partial charge on any atom is -0.619 e. The first-order valence-electron chi connectivity index (χ1n) is 8.53. The standard InChI is InChI=1S/C18H21N3O5S2/c1-18(2)16(17(19)22)21(11-12-27-18)28(24,25)15-5-3-13(4-6-15)26-14-7-9-20(23)10-8-14/h3-10,16H,11-12H2,1-2H3,(H2,19,22)/t16-/m0/s1. The number of hydrogen-bond acceptors (Lipinski definition) is 6. The van der Waals surface area contributed by atoms with Gasteiger partial charge in [-0.15, -0.1) is 0 Å². The molecule has 150 valence electrons. The highest BCUT2D eigenvalue weighted by Crippen LogP contribution is 2.38. The number of thioether (sulfide) groups is 1. The normalized spacial score (nSPS) is 19.9. The molecule has 0 radical (unpaired) electrons. The summed E-state index contributed by atoms with van der Waals surface area (Å²) in [5.41, 5.74) is 5.53. The Balaban J connectivity index is 1.85. The lowest BCUT2D eigenvalue weighted by atomic mass is 10.0. The van der Waals surface area contributed by atoms with E-state index in [1.54, 1.807) is 0 Å². The number of primary amides is 1. The van der Waals surface area contributed by atoms with Crippen molar-refractivity contribution in [1.29, 1.82) is 0 Å². The number of sulfonamides is 1. The molecule has 1 amide bonds. The molecule has 1 atom stereocenters. The van der Waals surface area contributed by atoms with Gasteiger partial charge in [0.2, 0.25) is 15.9 Å². The highest BCUT2D eigenvalue weighted by atomic mass is 32.2. The molecule has 28 heavy (non-hydrogen) atoms. The van der Waals surface area contributed by atoms with Crippen molar-refractivity contribution in [3.63, 3.8) is 0 Å². The lowest BCUT2D eigenvalue weighted by Gasteiger charge is -2.43. The van der Waals surface area contributed by atoms with Gasteiger partial charge < -0.3 is 15.7 Å². The molecule has 1 fully saturated rings. The summed E-state index contributed by atoms with van der Waals surface area (Å²) in [6.07, 6.45) is 2.60. The summed E-state index contributed by atoms with van der Waals surface area (Å²) in [6, 6.07) is 7.96. The molecule has 1 aliphatic rings. The fraction of sp³-hybridized carbons (Fsp3) is 0.333. The summed E-state index contributed by atoms with van der Waals surface area (Å²) < 4.78 is 33.1. The molecule has 2 heterocycles. The van der Waals surface area contributed by atoms with Gasteiger partial charge in [0.15, 0.2) is 12.4 Å². The molecule has 1 aromatic heterocycles. The first kappa shape index (κ1) is 20.4. The lowest BCUT2D eigenvalue weighted by Crippen LogP contribution is -2.60. The Hall–Kier alpha value is -2.30. The molecule has 0 unspecified atom stereocenters. The summed E-state index contributed by atoms with van der Waals surface area (Å²) in [5, 5.41) is 11.1. The van der Waals surface area contributed by atoms with Gasteiger partial charge in [-0.3, -0.25) is 4.79 Å². The van der Waals surface area contributed by atoms with Crippen molar-refractivity contribution in [1.82, 2.24) is 4.31 Å². The molecule has 3 rings (SSSR count). The van der Waals surface area contributed by atoms with Gasteiger partial charge in [-0.1, -0.05) is 0 Å². The molecule has 1 aliphatic heterocycles. The van der Waals surface area contributed by atoms with Crippen molar-refractivity contribution >= 4 is 27.7 Å². The summed E-state index contributed by atoms with van der Waals surface area (Å²) in [5.74, 6) is 0.778. The maximum absolute atomic E-state index is 13.1. The number of aromatic nitrogens is 1. The number of hydrogen-bond donors (Lipinski definition) is 1. The number of carbonyl (C=O) groups excluding carboxylic acids is 1. The van der Waals surface area contributed by atoms with Crippen LogP contribution < -0.4 is 15.2 Å². The van der Waals surface area contributed by atoms with Crippen LogP contribution in [-0.4, -0.2) is 41.7 Å². The molecule has 0 saturated carbocycles. The Morgan fingerprint density at radius 2 is 1.79 bits per heavy atom. The van der Waals surface area contributed by atoms with Crippen LogP contribution in [0.5, 0.6) is 11.5 Å². The predicted octanol–water partition coefficient (Wildman–Crippen LogP) is 1.48. The number of nitrogens with two attached hydrogens (primary N) is 1. The zero-order chi connectivity index (χ0) is 20.5. The van der Waals surface area contributed by atoms with E-state index in [1.165, 1.54) is 64.9 Å². The van der Waals surface area contributed by atoms with Crippen molar-refractivity contribution in [2.45, 2.75) is 29.5 Å². The summed E-state index contributed by atoms with van der Waals surface area (Å²) in [7, 11) is -3.90. The molecule has 0 aliphatic carbocycles. The number of pyridine rings is 1. The Labute approximate surface area is 167 Å². The van der Waals surface area contributed by atoms with E-state index in [2.05, 4.69) is 0 Å². The summed E-state index contributed by atoms with van der Waals surface area (Å²) >= 11 is 1.53. The van der Waals surface area contributed by atoms with Gasteiger partial charge >= 0.3 is 0 Å². The largest absolute Gasteiger partial charge is 0.619 e. The third-order valence-electron chi connectivity index (χ3n) is 4.44. The van der Waals surface area contributed by atoms with Crippen molar-refractivity contribution in [3.05, 3.63) is 54.0 Å². The monoisotopic (exact) mass is 423 g/mol. The predicted molar refractivity (Wildman–Crippen MR) is 105 cm³/mol. The van der Waals surface area contributed by atoms with Crippen LogP contribution in [0.2, 0.25) is 0 Å². The second kappa shape index (κ2) is 7.61. The molecule has 2 aromatic rings. The van der Waals surface area contributed by atoms with E-state index in [-0.39, 0.29) is 11.4 Å². The Kier molecular flexibility index (Phi) is 5.55. The lowest BCUT2D eigenvalue weighted by molar-refractivity contribution is -0.605. The number of ether oxygens (including phenoxy) is 1. The second-order valence-corrected chi connectivity index (χ2v) is 10.5. The van der Waals surface area contributed by atoms with Crippen LogP contribution in [-0.2, 0) is 14.8 Å². The fourth-order valence-electron chi connectivity index (χ4n) is 3.12. The summed E-state index contributed by atoms with van der Waals surface area (Å²) in [4.78, 5) is 12.1. The smallest absolute Gasteiger partial charge is 0.243 e. The molecular formula is C18H21N3O5S2. The highest BCUT2D eigenvalue weighted by Gasteiger charge is 2.47. The van der Waals surface area contributed by atoms with Crippen LogP contribution in [0.4, 0.5) is 0 Å². The molecule has 0 bridgehead atoms. The Bertz CT molecular complexity index is 960. The van der Waals surface area contributed by atoms with Gasteiger partial charge in [-0.05, 0) is 38.1 Å². The molecule has 1 saturated heterocycles. The summed E-state index contributed by atoms with van der Waals surface area (Å²) in [6.45, 7) is 3.84. The zero-order valence-corrected chi connectivity index (χ0v) is 17.1. The first-order valence-corrected chi connectivity index (χ1v) is 11.0. The van der Waals surface area contributed by atoms with Crippen LogP contribution in [0.1, 0.15) is 13.8 Å². The van der Waals surface area contributed by atoms with Gasteiger partial charge in [-0.25, -0.2) is 8.42 Å². The van der Waals surface area contributed by atoms with Gasteiger partial charge in [0.1, 0.15) is 17.5 Å². The number of rotatable bonds is 5. The van der Waals surface area contributed by atoms with E-state index in [0.717, 1.165) is 0 Å². The number of carbonyl (C=O) groups is 1. The van der Waals surface area contributed by atoms with Crippen LogP contribution in [0.15, 0.2) is 53.7 Å². The zero-order valence-electron chi connectivity index (χ0n) is 15.4. The SMILES string of the molecule is CC1(C)SCCN(S(=O)(=O)c2ccc(Oc3cc[n+]([O-])cc3)cc2)[C@H]1C(N)=O. The average Bonchev–Trinajstić information content (AvgIpc) is 2.63. The highest BCUT2D eigenvalue weighted by molar-refractivity contribution is 8.00. The molecule has 8 nitrogen and oxygen atoms in total. The Morgan fingerprint density at radius 1 is 1.21 bits per heavy atom. The topological polar surface area (TPSA) is 117 Å². The Morgan fingerprint density at radius 3 is 2.36 bits per heavy atom. The van der Waals surface area contributed by atoms with Crippen molar-refractivity contribution in [2.75, 3.05) is 12.3 Å². The first-order chi connectivity index (χ1) is 13.1. The van der Waals surface area contributed by atoms with Crippen LogP contribution in [0.25, 0.3) is 0 Å². The van der Waals surface area contributed by atoms with Gasteiger partial charge in [0, 0.05) is 29.2 Å². The van der Waals surface area contributed by atoms with Crippen LogP contribution in [0, 0.1) is 5.21 Å². The molecular weight excluding hydrogens is 402 g/mol. The molecule has 1 aromatic carbocycles. The van der Waals surface area contributed by atoms with E-state index in [0.29, 0.717) is 22.0 Å². The van der Waals surface area contributed by atoms with E-state index >= 15 is 0 Å².